The summed E-state index contributed by atoms with van der Waals surface area (Å²) in [7, 11) is 1.59. The zero-order valence-electron chi connectivity index (χ0n) is 15.9. The molecule has 0 spiro atoms. The summed E-state index contributed by atoms with van der Waals surface area (Å²) in [6.45, 7) is 3.29. The van der Waals surface area contributed by atoms with Gasteiger partial charge in [-0.1, -0.05) is 36.4 Å². The number of rotatable bonds is 8. The van der Waals surface area contributed by atoms with Crippen LogP contribution < -0.4 is 10.6 Å². The second kappa shape index (κ2) is 8.82. The average molecular weight is 365 g/mol. The fraction of sp³-hybridized carbons (Fsp3) is 0.364. The predicted molar refractivity (Wildman–Crippen MR) is 107 cm³/mol. The molecule has 2 amide bonds. The number of nitrogens with zero attached hydrogens (tertiary/aromatic N) is 1. The Morgan fingerprint density at radius 1 is 1.11 bits per heavy atom. The lowest BCUT2D eigenvalue weighted by Gasteiger charge is -2.28. The Bertz CT molecular complexity index is 787. The van der Waals surface area contributed by atoms with Gasteiger partial charge in [0.15, 0.2) is 0 Å². The van der Waals surface area contributed by atoms with Crippen molar-refractivity contribution in [3.8, 4) is 0 Å². The van der Waals surface area contributed by atoms with E-state index in [9.17, 15) is 9.59 Å². The zero-order chi connectivity index (χ0) is 19.2. The van der Waals surface area contributed by atoms with Crippen molar-refractivity contribution >= 4 is 17.5 Å². The molecule has 1 atom stereocenters. The Morgan fingerprint density at radius 3 is 2.52 bits per heavy atom. The van der Waals surface area contributed by atoms with Crippen molar-refractivity contribution < 1.29 is 9.59 Å². The van der Waals surface area contributed by atoms with Crippen LogP contribution >= 0.6 is 0 Å². The van der Waals surface area contributed by atoms with E-state index in [4.69, 9.17) is 0 Å². The van der Waals surface area contributed by atoms with Gasteiger partial charge in [-0.05, 0) is 49.4 Å². The molecule has 27 heavy (non-hydrogen) atoms. The van der Waals surface area contributed by atoms with Gasteiger partial charge in [0.2, 0.25) is 5.91 Å². The van der Waals surface area contributed by atoms with Crippen molar-refractivity contribution in [2.75, 3.05) is 18.9 Å². The highest BCUT2D eigenvalue weighted by Gasteiger charge is 2.32. The molecule has 0 bridgehead atoms. The van der Waals surface area contributed by atoms with Gasteiger partial charge in [-0.3, -0.25) is 14.5 Å². The number of amides is 2. The first-order chi connectivity index (χ1) is 13.1. The summed E-state index contributed by atoms with van der Waals surface area (Å²) in [4.78, 5) is 26.7. The highest BCUT2D eigenvalue weighted by atomic mass is 16.2. The largest absolute Gasteiger partial charge is 0.355 e. The predicted octanol–water partition coefficient (Wildman–Crippen LogP) is 3.29. The molecule has 1 aliphatic carbocycles. The Hall–Kier alpha value is -2.66. The molecule has 1 aliphatic rings. The Balaban J connectivity index is 1.66. The summed E-state index contributed by atoms with van der Waals surface area (Å²) in [6, 6.07) is 17.6. The van der Waals surface area contributed by atoms with E-state index in [0.717, 1.165) is 6.54 Å². The second-order valence-electron chi connectivity index (χ2n) is 7.18. The minimum atomic E-state index is -0.167. The molecule has 5 heteroatoms. The van der Waals surface area contributed by atoms with Crippen LogP contribution in [0.4, 0.5) is 5.69 Å². The maximum absolute atomic E-state index is 12.7. The molecule has 0 radical (unpaired) electrons. The van der Waals surface area contributed by atoms with Gasteiger partial charge < -0.3 is 10.6 Å². The number of carbonyl (C=O) groups is 2. The van der Waals surface area contributed by atoms with E-state index in [1.165, 1.54) is 18.4 Å². The maximum Gasteiger partial charge on any atom is 0.251 e. The van der Waals surface area contributed by atoms with Gasteiger partial charge in [-0.2, -0.15) is 0 Å². The monoisotopic (exact) mass is 365 g/mol. The summed E-state index contributed by atoms with van der Waals surface area (Å²) in [6.07, 6.45) is 2.48. The van der Waals surface area contributed by atoms with Gasteiger partial charge >= 0.3 is 0 Å². The van der Waals surface area contributed by atoms with Crippen LogP contribution in [0.15, 0.2) is 54.6 Å². The second-order valence-corrected chi connectivity index (χ2v) is 7.18. The lowest BCUT2D eigenvalue weighted by atomic mass is 10.1. The number of hydrogen-bond acceptors (Lipinski definition) is 3. The van der Waals surface area contributed by atoms with E-state index < -0.39 is 0 Å². The first-order valence-electron chi connectivity index (χ1n) is 9.47. The van der Waals surface area contributed by atoms with Crippen molar-refractivity contribution in [1.29, 1.82) is 0 Å². The molecule has 1 unspecified atom stereocenters. The highest BCUT2D eigenvalue weighted by Crippen LogP contribution is 2.35. The van der Waals surface area contributed by atoms with Crippen molar-refractivity contribution in [3.05, 3.63) is 65.7 Å². The Morgan fingerprint density at radius 2 is 1.85 bits per heavy atom. The molecule has 0 saturated heterocycles. The average Bonchev–Trinajstić information content (AvgIpc) is 3.52. The van der Waals surface area contributed by atoms with E-state index in [1.807, 2.05) is 18.2 Å². The molecule has 2 aromatic carbocycles. The van der Waals surface area contributed by atoms with Crippen LogP contribution in [-0.4, -0.2) is 36.3 Å². The molecule has 3 rings (SSSR count). The standard InChI is InChI=1S/C22H27N3O2/c1-16(18-11-12-18)25(14-17-7-4-3-5-8-17)15-21(26)24-20-10-6-9-19(13-20)22(27)23-2/h3-10,13,16,18H,11-12,14-15H2,1-2H3,(H,23,27)(H,24,26). The molecule has 142 valence electrons. The maximum atomic E-state index is 12.7. The normalized spacial score (nSPS) is 14.6. The van der Waals surface area contributed by atoms with Gasteiger partial charge in [0, 0.05) is 30.9 Å². The van der Waals surface area contributed by atoms with Crippen LogP contribution in [0.1, 0.15) is 35.7 Å². The summed E-state index contributed by atoms with van der Waals surface area (Å²) >= 11 is 0. The van der Waals surface area contributed by atoms with Gasteiger partial charge in [0.05, 0.1) is 6.54 Å². The van der Waals surface area contributed by atoms with Gasteiger partial charge in [-0.25, -0.2) is 0 Å². The van der Waals surface area contributed by atoms with Crippen LogP contribution in [0.5, 0.6) is 0 Å². The fourth-order valence-corrected chi connectivity index (χ4v) is 3.31. The lowest BCUT2D eigenvalue weighted by molar-refractivity contribution is -0.118. The number of nitrogens with one attached hydrogen (secondary N) is 2. The topological polar surface area (TPSA) is 61.4 Å². The van der Waals surface area contributed by atoms with Crippen LogP contribution in [0, 0.1) is 5.92 Å². The lowest BCUT2D eigenvalue weighted by Crippen LogP contribution is -2.40. The van der Waals surface area contributed by atoms with Crippen LogP contribution in [-0.2, 0) is 11.3 Å². The van der Waals surface area contributed by atoms with Gasteiger partial charge in [0.25, 0.3) is 5.91 Å². The number of hydrogen-bond donors (Lipinski definition) is 2. The van der Waals surface area contributed by atoms with E-state index in [2.05, 4.69) is 34.6 Å². The van der Waals surface area contributed by atoms with Crippen molar-refractivity contribution in [2.45, 2.75) is 32.4 Å². The molecule has 2 N–H and O–H groups in total. The highest BCUT2D eigenvalue weighted by molar-refractivity contribution is 5.97. The van der Waals surface area contributed by atoms with E-state index in [-0.39, 0.29) is 11.8 Å². The molecule has 1 fully saturated rings. The van der Waals surface area contributed by atoms with Crippen molar-refractivity contribution in [2.24, 2.45) is 5.92 Å². The quantitative estimate of drug-likeness (QED) is 0.755. The first kappa shape index (κ1) is 19.1. The van der Waals surface area contributed by atoms with Crippen LogP contribution in [0.3, 0.4) is 0 Å². The number of benzene rings is 2. The fourth-order valence-electron chi connectivity index (χ4n) is 3.31. The Kier molecular flexibility index (Phi) is 6.24. The van der Waals surface area contributed by atoms with Crippen molar-refractivity contribution in [1.82, 2.24) is 10.2 Å². The molecule has 0 aromatic heterocycles. The summed E-state index contributed by atoms with van der Waals surface area (Å²) < 4.78 is 0. The molecule has 1 saturated carbocycles. The third kappa shape index (κ3) is 5.41. The van der Waals surface area contributed by atoms with Gasteiger partial charge in [-0.15, -0.1) is 0 Å². The van der Waals surface area contributed by atoms with E-state index >= 15 is 0 Å². The third-order valence-corrected chi connectivity index (χ3v) is 5.09. The van der Waals surface area contributed by atoms with E-state index in [1.54, 1.807) is 31.3 Å². The molecule has 2 aromatic rings. The number of anilines is 1. The van der Waals surface area contributed by atoms with Crippen LogP contribution in [0.25, 0.3) is 0 Å². The van der Waals surface area contributed by atoms with Crippen molar-refractivity contribution in [3.63, 3.8) is 0 Å². The number of carbonyl (C=O) groups excluding carboxylic acids is 2. The first-order valence-corrected chi connectivity index (χ1v) is 9.47. The van der Waals surface area contributed by atoms with E-state index in [0.29, 0.717) is 29.8 Å². The minimum Gasteiger partial charge on any atom is -0.355 e. The van der Waals surface area contributed by atoms with Gasteiger partial charge in [0.1, 0.15) is 0 Å². The van der Waals surface area contributed by atoms with Crippen LogP contribution in [0.2, 0.25) is 0 Å². The molecule has 0 aliphatic heterocycles. The third-order valence-electron chi connectivity index (χ3n) is 5.09. The molecule has 0 heterocycles. The minimum absolute atomic E-state index is 0.0625. The molecular weight excluding hydrogens is 338 g/mol. The SMILES string of the molecule is CNC(=O)c1cccc(NC(=O)CN(Cc2ccccc2)C(C)C2CC2)c1. The summed E-state index contributed by atoms with van der Waals surface area (Å²) in [5.74, 6) is 0.449. The Labute approximate surface area is 160 Å². The zero-order valence-corrected chi connectivity index (χ0v) is 15.9. The molecular formula is C22H27N3O2. The summed E-state index contributed by atoms with van der Waals surface area (Å²) in [5, 5.41) is 5.53. The summed E-state index contributed by atoms with van der Waals surface area (Å²) in [5.41, 5.74) is 2.38. The molecule has 5 nitrogen and oxygen atoms in total. The smallest absolute Gasteiger partial charge is 0.251 e.